The number of amides is 2. The van der Waals surface area contributed by atoms with Crippen molar-refractivity contribution >= 4 is 27.5 Å². The largest absolute Gasteiger partial charge is 0.346 e. The molecule has 0 unspecified atom stereocenters. The molecule has 0 radical (unpaired) electrons. The van der Waals surface area contributed by atoms with Crippen molar-refractivity contribution in [3.63, 3.8) is 0 Å². The number of rotatable bonds is 8. The Balaban J connectivity index is 1.45. The van der Waals surface area contributed by atoms with E-state index in [1.165, 1.54) is 12.1 Å². The van der Waals surface area contributed by atoms with E-state index >= 15 is 0 Å². The van der Waals surface area contributed by atoms with Gasteiger partial charge in [0.25, 0.3) is 0 Å². The van der Waals surface area contributed by atoms with Crippen molar-refractivity contribution in [3.05, 3.63) is 84.4 Å². The molecule has 2 amide bonds. The maximum atomic E-state index is 12.2. The second-order valence-electron chi connectivity index (χ2n) is 6.91. The van der Waals surface area contributed by atoms with Crippen molar-refractivity contribution in [2.24, 2.45) is 0 Å². The monoisotopic (exact) mass is 437 g/mol. The molecule has 7 nitrogen and oxygen atoms in total. The number of hydrogen-bond donors (Lipinski definition) is 3. The predicted octanol–water partition coefficient (Wildman–Crippen LogP) is 2.70. The number of benzene rings is 3. The molecule has 0 aliphatic rings. The standard InChI is InChI=1S/C23H23N3O4S/c1-17-7-13-21(14-8-17)31(29,30)25-16-22(27)24-15-23(28)26-20-11-9-19(10-12-20)18-5-3-2-4-6-18/h2-14,25H,15-16H2,1H3,(H,24,27)(H,26,28). The minimum Gasteiger partial charge on any atom is -0.346 e. The van der Waals surface area contributed by atoms with Crippen LogP contribution in [-0.2, 0) is 19.6 Å². The SMILES string of the molecule is Cc1ccc(S(=O)(=O)NCC(=O)NCC(=O)Nc2ccc(-c3ccccc3)cc2)cc1. The van der Waals surface area contributed by atoms with Crippen LogP contribution in [0.5, 0.6) is 0 Å². The quantitative estimate of drug-likeness (QED) is 0.504. The first-order chi connectivity index (χ1) is 14.8. The summed E-state index contributed by atoms with van der Waals surface area (Å²) in [6.45, 7) is 1.11. The van der Waals surface area contributed by atoms with E-state index in [9.17, 15) is 18.0 Å². The molecule has 0 spiro atoms. The van der Waals surface area contributed by atoms with Crippen LogP contribution in [0.25, 0.3) is 11.1 Å². The fraction of sp³-hybridized carbons (Fsp3) is 0.130. The van der Waals surface area contributed by atoms with Crippen molar-refractivity contribution < 1.29 is 18.0 Å². The van der Waals surface area contributed by atoms with Gasteiger partial charge < -0.3 is 10.6 Å². The van der Waals surface area contributed by atoms with E-state index in [0.29, 0.717) is 5.69 Å². The molecule has 160 valence electrons. The van der Waals surface area contributed by atoms with Gasteiger partial charge in [0, 0.05) is 5.69 Å². The summed E-state index contributed by atoms with van der Waals surface area (Å²) in [5.74, 6) is -1.02. The lowest BCUT2D eigenvalue weighted by Crippen LogP contribution is -2.40. The first kappa shape index (κ1) is 22.2. The molecule has 0 saturated carbocycles. The molecule has 0 fully saturated rings. The topological polar surface area (TPSA) is 104 Å². The highest BCUT2D eigenvalue weighted by atomic mass is 32.2. The number of aryl methyl sites for hydroxylation is 1. The minimum atomic E-state index is -3.80. The molecular weight excluding hydrogens is 414 g/mol. The Labute approximate surface area is 181 Å². The number of sulfonamides is 1. The molecular formula is C23H23N3O4S. The van der Waals surface area contributed by atoms with E-state index < -0.39 is 28.4 Å². The van der Waals surface area contributed by atoms with Gasteiger partial charge in [-0.1, -0.05) is 60.2 Å². The van der Waals surface area contributed by atoms with Crippen LogP contribution in [0.2, 0.25) is 0 Å². The zero-order valence-corrected chi connectivity index (χ0v) is 17.8. The fourth-order valence-corrected chi connectivity index (χ4v) is 3.77. The van der Waals surface area contributed by atoms with E-state index in [1.807, 2.05) is 49.4 Å². The Morgan fingerprint density at radius 2 is 1.35 bits per heavy atom. The number of carbonyl (C=O) groups excluding carboxylic acids is 2. The van der Waals surface area contributed by atoms with Crippen molar-refractivity contribution in [2.45, 2.75) is 11.8 Å². The zero-order chi connectivity index (χ0) is 22.3. The number of carbonyl (C=O) groups is 2. The Morgan fingerprint density at radius 3 is 2.00 bits per heavy atom. The maximum Gasteiger partial charge on any atom is 0.243 e. The van der Waals surface area contributed by atoms with Gasteiger partial charge in [0.05, 0.1) is 18.0 Å². The Hall–Kier alpha value is -3.49. The molecule has 0 atom stereocenters. The summed E-state index contributed by atoms with van der Waals surface area (Å²) >= 11 is 0. The van der Waals surface area contributed by atoms with Gasteiger partial charge in [-0.05, 0) is 42.3 Å². The molecule has 3 aromatic carbocycles. The predicted molar refractivity (Wildman–Crippen MR) is 120 cm³/mol. The van der Waals surface area contributed by atoms with E-state index in [4.69, 9.17) is 0 Å². The van der Waals surface area contributed by atoms with Gasteiger partial charge in [-0.25, -0.2) is 13.1 Å². The van der Waals surface area contributed by atoms with Gasteiger partial charge in [-0.2, -0.15) is 0 Å². The molecule has 0 aliphatic carbocycles. The Kier molecular flexibility index (Phi) is 7.17. The van der Waals surface area contributed by atoms with E-state index in [1.54, 1.807) is 24.3 Å². The average Bonchev–Trinajstić information content (AvgIpc) is 2.78. The third kappa shape index (κ3) is 6.50. The molecule has 3 aromatic rings. The van der Waals surface area contributed by atoms with Crippen LogP contribution in [0.4, 0.5) is 5.69 Å². The van der Waals surface area contributed by atoms with Crippen molar-refractivity contribution in [2.75, 3.05) is 18.4 Å². The normalized spacial score (nSPS) is 11.0. The van der Waals surface area contributed by atoms with Crippen molar-refractivity contribution in [3.8, 4) is 11.1 Å². The lowest BCUT2D eigenvalue weighted by Gasteiger charge is -2.09. The highest BCUT2D eigenvalue weighted by Gasteiger charge is 2.15. The smallest absolute Gasteiger partial charge is 0.243 e. The molecule has 0 aromatic heterocycles. The van der Waals surface area contributed by atoms with Crippen LogP contribution in [-0.4, -0.2) is 33.3 Å². The third-order valence-electron chi connectivity index (χ3n) is 4.48. The zero-order valence-electron chi connectivity index (χ0n) is 17.0. The first-order valence-electron chi connectivity index (χ1n) is 9.62. The molecule has 0 heterocycles. The average molecular weight is 438 g/mol. The van der Waals surface area contributed by atoms with Crippen LogP contribution in [0, 0.1) is 6.92 Å². The van der Waals surface area contributed by atoms with Gasteiger partial charge in [-0.15, -0.1) is 0 Å². The molecule has 31 heavy (non-hydrogen) atoms. The summed E-state index contributed by atoms with van der Waals surface area (Å²) in [4.78, 5) is 24.0. The van der Waals surface area contributed by atoms with Crippen molar-refractivity contribution in [1.29, 1.82) is 0 Å². The van der Waals surface area contributed by atoms with Gasteiger partial charge in [-0.3, -0.25) is 9.59 Å². The molecule has 0 aliphatic heterocycles. The Morgan fingerprint density at radius 1 is 0.742 bits per heavy atom. The van der Waals surface area contributed by atoms with E-state index in [0.717, 1.165) is 16.7 Å². The number of hydrogen-bond acceptors (Lipinski definition) is 4. The third-order valence-corrected chi connectivity index (χ3v) is 5.89. The van der Waals surface area contributed by atoms with E-state index in [2.05, 4.69) is 15.4 Å². The van der Waals surface area contributed by atoms with Crippen LogP contribution in [0.1, 0.15) is 5.56 Å². The summed E-state index contributed by atoms with van der Waals surface area (Å²) in [7, 11) is -3.80. The lowest BCUT2D eigenvalue weighted by molar-refractivity contribution is -0.123. The Bertz CT molecular complexity index is 1140. The molecule has 8 heteroatoms. The first-order valence-corrected chi connectivity index (χ1v) is 11.1. The van der Waals surface area contributed by atoms with Gasteiger partial charge in [0.2, 0.25) is 21.8 Å². The summed E-state index contributed by atoms with van der Waals surface area (Å²) in [6.07, 6.45) is 0. The molecule has 0 bridgehead atoms. The minimum absolute atomic E-state index is 0.0718. The summed E-state index contributed by atoms with van der Waals surface area (Å²) in [5, 5.41) is 5.08. The second kappa shape index (κ2) is 10.0. The van der Waals surface area contributed by atoms with Crippen LogP contribution in [0.15, 0.2) is 83.8 Å². The lowest BCUT2D eigenvalue weighted by atomic mass is 10.1. The molecule has 3 N–H and O–H groups in total. The molecule has 0 saturated heterocycles. The van der Waals surface area contributed by atoms with Gasteiger partial charge in [0.1, 0.15) is 0 Å². The highest BCUT2D eigenvalue weighted by Crippen LogP contribution is 2.20. The summed E-state index contributed by atoms with van der Waals surface area (Å²) < 4.78 is 26.6. The number of nitrogens with one attached hydrogen (secondary N) is 3. The van der Waals surface area contributed by atoms with Crippen LogP contribution < -0.4 is 15.4 Å². The fourth-order valence-electron chi connectivity index (χ4n) is 2.78. The van der Waals surface area contributed by atoms with Crippen LogP contribution >= 0.6 is 0 Å². The maximum absolute atomic E-state index is 12.2. The van der Waals surface area contributed by atoms with E-state index in [-0.39, 0.29) is 11.4 Å². The second-order valence-corrected chi connectivity index (χ2v) is 8.67. The summed E-state index contributed by atoms with van der Waals surface area (Å²) in [5.41, 5.74) is 3.62. The molecule has 3 rings (SSSR count). The number of anilines is 1. The van der Waals surface area contributed by atoms with Gasteiger partial charge >= 0.3 is 0 Å². The highest BCUT2D eigenvalue weighted by molar-refractivity contribution is 7.89. The van der Waals surface area contributed by atoms with Crippen molar-refractivity contribution in [1.82, 2.24) is 10.0 Å². The van der Waals surface area contributed by atoms with Gasteiger partial charge in [0.15, 0.2) is 0 Å². The van der Waals surface area contributed by atoms with Crippen LogP contribution in [0.3, 0.4) is 0 Å². The summed E-state index contributed by atoms with van der Waals surface area (Å²) in [6, 6.07) is 23.5.